The van der Waals surface area contributed by atoms with Crippen LogP contribution in [-0.4, -0.2) is 26.8 Å². The van der Waals surface area contributed by atoms with E-state index in [1.165, 1.54) is 6.07 Å². The van der Waals surface area contributed by atoms with Crippen LogP contribution in [0.25, 0.3) is 5.69 Å². The predicted molar refractivity (Wildman–Crippen MR) is 113 cm³/mol. The number of hydrogen-bond donors (Lipinski definition) is 1. The first-order valence-electron chi connectivity index (χ1n) is 10.2. The molecule has 1 aromatic carbocycles. The highest BCUT2D eigenvalue weighted by Gasteiger charge is 2.20. The summed E-state index contributed by atoms with van der Waals surface area (Å²) < 4.78 is 7.61. The van der Waals surface area contributed by atoms with Crippen molar-refractivity contribution in [2.75, 3.05) is 0 Å². The second kappa shape index (κ2) is 8.90. The lowest BCUT2D eigenvalue weighted by Gasteiger charge is -2.15. The molecule has 1 saturated carbocycles. The van der Waals surface area contributed by atoms with E-state index in [0.29, 0.717) is 11.6 Å². The topological polar surface area (TPSA) is 86.1 Å². The van der Waals surface area contributed by atoms with Gasteiger partial charge in [0.15, 0.2) is 5.69 Å². The second-order valence-electron chi connectivity index (χ2n) is 7.42. The Bertz CT molecular complexity index is 1090. The lowest BCUT2D eigenvalue weighted by atomic mass is 10.2. The number of carbonyl (C=O) groups is 1. The predicted octanol–water partition coefficient (Wildman–Crippen LogP) is 3.19. The van der Waals surface area contributed by atoms with Crippen LogP contribution in [0.3, 0.4) is 0 Å². The number of amides is 1. The maximum atomic E-state index is 12.7. The van der Waals surface area contributed by atoms with Crippen molar-refractivity contribution < 1.29 is 9.53 Å². The minimum Gasteiger partial charge on any atom is -0.474 e. The van der Waals surface area contributed by atoms with Gasteiger partial charge in [-0.15, -0.1) is 0 Å². The molecule has 154 valence electrons. The number of aromatic nitrogens is 3. The number of nitrogens with zero attached hydrogens (tertiary/aromatic N) is 3. The van der Waals surface area contributed by atoms with Crippen molar-refractivity contribution in [1.82, 2.24) is 20.1 Å². The molecule has 1 N–H and O–H groups in total. The number of carbonyl (C=O) groups excluding carboxylic acids is 1. The van der Waals surface area contributed by atoms with Crippen molar-refractivity contribution in [3.8, 4) is 11.6 Å². The fraction of sp³-hybridized carbons (Fsp3) is 0.304. The Balaban J connectivity index is 1.52. The van der Waals surface area contributed by atoms with Crippen LogP contribution >= 0.6 is 0 Å². The first-order valence-corrected chi connectivity index (χ1v) is 10.2. The standard InChI is InChI=1S/C23H24N4O3/c1-16-14-20(28)21(26-27(16)18-9-3-2-4-10-18)22(29)25-15-17-8-7-13-24-23(17)30-19-11-5-6-12-19/h2-4,7-10,13-14,19H,5-6,11-12,15H2,1H3,(H,25,29). The monoisotopic (exact) mass is 404 g/mol. The maximum absolute atomic E-state index is 12.7. The number of ether oxygens (including phenoxy) is 1. The van der Waals surface area contributed by atoms with Crippen molar-refractivity contribution in [2.24, 2.45) is 0 Å². The minimum absolute atomic E-state index is 0.147. The van der Waals surface area contributed by atoms with Gasteiger partial charge < -0.3 is 10.1 Å². The molecule has 2 aromatic heterocycles. The van der Waals surface area contributed by atoms with Crippen molar-refractivity contribution >= 4 is 5.91 Å². The summed E-state index contributed by atoms with van der Waals surface area (Å²) in [6.45, 7) is 1.99. The lowest BCUT2D eigenvalue weighted by Crippen LogP contribution is -2.32. The molecule has 0 atom stereocenters. The molecule has 0 unspecified atom stereocenters. The van der Waals surface area contributed by atoms with Gasteiger partial charge in [-0.1, -0.05) is 24.3 Å². The summed E-state index contributed by atoms with van der Waals surface area (Å²) in [5, 5.41) is 7.09. The fourth-order valence-corrected chi connectivity index (χ4v) is 3.62. The van der Waals surface area contributed by atoms with E-state index in [0.717, 1.165) is 36.9 Å². The van der Waals surface area contributed by atoms with Crippen LogP contribution in [0.1, 0.15) is 47.4 Å². The molecule has 0 saturated heterocycles. The molecule has 1 aliphatic rings. The normalized spacial score (nSPS) is 13.9. The molecular formula is C23H24N4O3. The maximum Gasteiger partial charge on any atom is 0.276 e. The van der Waals surface area contributed by atoms with Gasteiger partial charge in [-0.25, -0.2) is 9.67 Å². The third-order valence-corrected chi connectivity index (χ3v) is 5.19. The fourth-order valence-electron chi connectivity index (χ4n) is 3.62. The number of hydrogen-bond acceptors (Lipinski definition) is 5. The highest BCUT2D eigenvalue weighted by atomic mass is 16.5. The van der Waals surface area contributed by atoms with Gasteiger partial charge in [0.2, 0.25) is 11.3 Å². The molecule has 0 aliphatic heterocycles. The van der Waals surface area contributed by atoms with Gasteiger partial charge in [0.1, 0.15) is 6.10 Å². The second-order valence-corrected chi connectivity index (χ2v) is 7.42. The van der Waals surface area contributed by atoms with E-state index in [9.17, 15) is 9.59 Å². The molecule has 1 aliphatic carbocycles. The van der Waals surface area contributed by atoms with E-state index in [1.54, 1.807) is 23.9 Å². The zero-order valence-electron chi connectivity index (χ0n) is 16.9. The van der Waals surface area contributed by atoms with Gasteiger partial charge in [-0.2, -0.15) is 5.10 Å². The van der Waals surface area contributed by atoms with Crippen LogP contribution in [0.2, 0.25) is 0 Å². The average molecular weight is 404 g/mol. The molecule has 1 fully saturated rings. The minimum atomic E-state index is -0.527. The van der Waals surface area contributed by atoms with E-state index in [1.807, 2.05) is 36.4 Å². The van der Waals surface area contributed by atoms with Gasteiger partial charge in [-0.05, 0) is 50.8 Å². The van der Waals surface area contributed by atoms with Gasteiger partial charge in [-0.3, -0.25) is 9.59 Å². The van der Waals surface area contributed by atoms with E-state index in [-0.39, 0.29) is 18.3 Å². The molecule has 1 amide bonds. The van der Waals surface area contributed by atoms with Gasteiger partial charge in [0.05, 0.1) is 5.69 Å². The summed E-state index contributed by atoms with van der Waals surface area (Å²) in [6.07, 6.45) is 6.22. The molecule has 2 heterocycles. The average Bonchev–Trinajstić information content (AvgIpc) is 3.27. The number of pyridine rings is 1. The van der Waals surface area contributed by atoms with E-state index in [2.05, 4.69) is 15.4 Å². The third-order valence-electron chi connectivity index (χ3n) is 5.19. The molecule has 7 heteroatoms. The van der Waals surface area contributed by atoms with Crippen LogP contribution in [0.5, 0.6) is 5.88 Å². The van der Waals surface area contributed by atoms with Crippen LogP contribution in [-0.2, 0) is 6.54 Å². The summed E-state index contributed by atoms with van der Waals surface area (Å²) in [7, 11) is 0. The molecular weight excluding hydrogens is 380 g/mol. The Labute approximate surface area is 174 Å². The Morgan fingerprint density at radius 2 is 1.93 bits per heavy atom. The molecule has 0 bridgehead atoms. The Morgan fingerprint density at radius 1 is 1.17 bits per heavy atom. The van der Waals surface area contributed by atoms with Gasteiger partial charge in [0, 0.05) is 30.1 Å². The highest BCUT2D eigenvalue weighted by Crippen LogP contribution is 2.25. The van der Waals surface area contributed by atoms with Crippen LogP contribution in [0.4, 0.5) is 0 Å². The highest BCUT2D eigenvalue weighted by molar-refractivity contribution is 5.92. The third kappa shape index (κ3) is 4.40. The summed E-state index contributed by atoms with van der Waals surface area (Å²) in [4.78, 5) is 29.5. The molecule has 30 heavy (non-hydrogen) atoms. The summed E-state index contributed by atoms with van der Waals surface area (Å²) in [5.41, 5.74) is 1.65. The summed E-state index contributed by atoms with van der Waals surface area (Å²) >= 11 is 0. The van der Waals surface area contributed by atoms with Crippen LogP contribution in [0, 0.1) is 6.92 Å². The van der Waals surface area contributed by atoms with Crippen molar-refractivity contribution in [3.05, 3.63) is 81.9 Å². The first-order chi connectivity index (χ1) is 14.6. The zero-order chi connectivity index (χ0) is 20.9. The number of aryl methyl sites for hydroxylation is 1. The molecule has 7 nitrogen and oxygen atoms in total. The van der Waals surface area contributed by atoms with Crippen molar-refractivity contribution in [2.45, 2.75) is 45.3 Å². The van der Waals surface area contributed by atoms with Gasteiger partial charge >= 0.3 is 0 Å². The molecule has 4 rings (SSSR count). The smallest absolute Gasteiger partial charge is 0.276 e. The molecule has 3 aromatic rings. The van der Waals surface area contributed by atoms with Crippen molar-refractivity contribution in [3.63, 3.8) is 0 Å². The summed E-state index contributed by atoms with van der Waals surface area (Å²) in [6, 6.07) is 14.5. The number of benzene rings is 1. The number of para-hydroxylation sites is 1. The molecule has 0 radical (unpaired) electrons. The van der Waals surface area contributed by atoms with E-state index >= 15 is 0 Å². The van der Waals surface area contributed by atoms with Gasteiger partial charge in [0.25, 0.3) is 5.91 Å². The quantitative estimate of drug-likeness (QED) is 0.682. The van der Waals surface area contributed by atoms with Crippen molar-refractivity contribution in [1.29, 1.82) is 0 Å². The lowest BCUT2D eigenvalue weighted by molar-refractivity contribution is 0.0942. The number of rotatable bonds is 6. The SMILES string of the molecule is Cc1cc(=O)c(C(=O)NCc2cccnc2OC2CCCC2)nn1-c1ccccc1. The Morgan fingerprint density at radius 3 is 2.70 bits per heavy atom. The Hall–Kier alpha value is -3.48. The summed E-state index contributed by atoms with van der Waals surface area (Å²) in [5.74, 6) is 0.00334. The van der Waals surface area contributed by atoms with Crippen LogP contribution < -0.4 is 15.5 Å². The zero-order valence-corrected chi connectivity index (χ0v) is 16.9. The molecule has 0 spiro atoms. The Kier molecular flexibility index (Phi) is 5.88. The van der Waals surface area contributed by atoms with E-state index < -0.39 is 11.3 Å². The number of nitrogens with one attached hydrogen (secondary N) is 1. The largest absolute Gasteiger partial charge is 0.474 e. The van der Waals surface area contributed by atoms with Crippen LogP contribution in [0.15, 0.2) is 59.5 Å². The van der Waals surface area contributed by atoms with E-state index in [4.69, 9.17) is 4.74 Å². The first kappa shape index (κ1) is 19.8.